The van der Waals surface area contributed by atoms with E-state index in [1.54, 1.807) is 13.4 Å². The molecule has 0 aliphatic carbocycles. The highest BCUT2D eigenvalue weighted by molar-refractivity contribution is 6.31. The Morgan fingerprint density at radius 1 is 1.05 bits per heavy atom. The zero-order valence-electron chi connectivity index (χ0n) is 21.9. The van der Waals surface area contributed by atoms with Crippen molar-refractivity contribution in [2.75, 3.05) is 32.1 Å². The predicted molar refractivity (Wildman–Crippen MR) is 150 cm³/mol. The molecule has 2 aromatic carbocycles. The van der Waals surface area contributed by atoms with Crippen LogP contribution in [0, 0.1) is 5.92 Å². The Bertz CT molecular complexity index is 1260. The minimum atomic E-state index is 0.191. The third-order valence-electron chi connectivity index (χ3n) is 7.42. The van der Waals surface area contributed by atoms with Crippen molar-refractivity contribution in [3.63, 3.8) is 0 Å². The van der Waals surface area contributed by atoms with E-state index < -0.39 is 0 Å². The standard InChI is InChI=1S/C30H35ClN4O3/c1-37-28-9-7-24-17-29(28)38-14-4-2-3-5-27(36)22-10-12-35(13-11-22)19-21-6-8-26(31)23(15-21)16-25-18-30(34-24)33-20-32-25/h6-9,15,17-18,20,22H,2-5,10-14,16,19H2,1H3,(H,32,33,34). The molecule has 1 aromatic heterocycles. The van der Waals surface area contributed by atoms with Crippen LogP contribution in [0.25, 0.3) is 0 Å². The number of ketones is 1. The molecule has 3 aliphatic heterocycles. The fourth-order valence-corrected chi connectivity index (χ4v) is 5.45. The largest absolute Gasteiger partial charge is 0.493 e. The highest BCUT2D eigenvalue weighted by atomic mass is 35.5. The van der Waals surface area contributed by atoms with Gasteiger partial charge in [0.05, 0.1) is 19.4 Å². The maximum atomic E-state index is 12.8. The van der Waals surface area contributed by atoms with E-state index >= 15 is 0 Å². The van der Waals surface area contributed by atoms with Gasteiger partial charge >= 0.3 is 0 Å². The molecule has 1 fully saturated rings. The van der Waals surface area contributed by atoms with Gasteiger partial charge in [-0.05, 0) is 74.5 Å². The molecule has 3 aliphatic rings. The zero-order valence-corrected chi connectivity index (χ0v) is 22.7. The monoisotopic (exact) mass is 534 g/mol. The molecular weight excluding hydrogens is 500 g/mol. The summed E-state index contributed by atoms with van der Waals surface area (Å²) < 4.78 is 11.6. The molecule has 38 heavy (non-hydrogen) atoms. The molecule has 0 spiro atoms. The van der Waals surface area contributed by atoms with E-state index in [0.29, 0.717) is 42.5 Å². The number of ether oxygens (including phenoxy) is 2. The second kappa shape index (κ2) is 12.6. The van der Waals surface area contributed by atoms with Crippen LogP contribution in [0.5, 0.6) is 11.5 Å². The molecule has 0 radical (unpaired) electrons. The van der Waals surface area contributed by atoms with E-state index in [2.05, 4.69) is 32.3 Å². The summed E-state index contributed by atoms with van der Waals surface area (Å²) in [6.07, 6.45) is 7.49. The second-order valence-corrected chi connectivity index (χ2v) is 10.6. The van der Waals surface area contributed by atoms with E-state index in [1.807, 2.05) is 30.3 Å². The normalized spacial score (nSPS) is 20.7. The van der Waals surface area contributed by atoms with Crippen LogP contribution in [0.1, 0.15) is 55.3 Å². The number of carbonyl (C=O) groups is 1. The number of piperidine rings is 1. The molecule has 1 saturated heterocycles. The first-order valence-corrected chi connectivity index (χ1v) is 13.9. The number of halogens is 1. The number of Topliss-reactive ketones (excluding diaryl/α,β-unsaturated/α-hetero) is 1. The average molecular weight is 535 g/mol. The number of methoxy groups -OCH3 is 1. The number of hydrogen-bond acceptors (Lipinski definition) is 7. The number of rotatable bonds is 1. The first-order chi connectivity index (χ1) is 18.6. The number of fused-ring (bicyclic) bond motifs is 8. The van der Waals surface area contributed by atoms with Crippen LogP contribution < -0.4 is 14.8 Å². The SMILES string of the molecule is COc1ccc2cc1OCCCCCC(=O)C1CCN(CC1)Cc1ccc(Cl)c(c1)Cc1cc(ncn1)N2. The highest BCUT2D eigenvalue weighted by Crippen LogP contribution is 2.32. The lowest BCUT2D eigenvalue weighted by atomic mass is 9.89. The van der Waals surface area contributed by atoms with Gasteiger partial charge < -0.3 is 14.8 Å². The van der Waals surface area contributed by atoms with Gasteiger partial charge in [0.25, 0.3) is 0 Å². The fraction of sp³-hybridized carbons (Fsp3) is 0.433. The van der Waals surface area contributed by atoms with Crippen LogP contribution in [0.15, 0.2) is 48.8 Å². The van der Waals surface area contributed by atoms with Crippen LogP contribution >= 0.6 is 11.6 Å². The van der Waals surface area contributed by atoms with Crippen molar-refractivity contribution >= 4 is 28.9 Å². The lowest BCUT2D eigenvalue weighted by molar-refractivity contribution is -0.124. The molecule has 200 valence electrons. The minimum absolute atomic E-state index is 0.191. The van der Waals surface area contributed by atoms with E-state index in [0.717, 1.165) is 73.7 Å². The third kappa shape index (κ3) is 6.83. The van der Waals surface area contributed by atoms with Crippen LogP contribution in [0.4, 0.5) is 11.5 Å². The minimum Gasteiger partial charge on any atom is -0.493 e. The van der Waals surface area contributed by atoms with Gasteiger partial charge in [0, 0.05) is 48.1 Å². The van der Waals surface area contributed by atoms with Gasteiger partial charge in [0.2, 0.25) is 0 Å². The summed E-state index contributed by atoms with van der Waals surface area (Å²) >= 11 is 6.59. The van der Waals surface area contributed by atoms with Crippen LogP contribution in [-0.2, 0) is 17.8 Å². The Hall–Kier alpha value is -3.16. The van der Waals surface area contributed by atoms with Gasteiger partial charge in [0.15, 0.2) is 11.5 Å². The number of nitrogens with zero attached hydrogens (tertiary/aromatic N) is 3. The van der Waals surface area contributed by atoms with E-state index in [-0.39, 0.29) is 5.92 Å². The van der Waals surface area contributed by atoms with Crippen molar-refractivity contribution in [3.05, 3.63) is 70.6 Å². The lowest BCUT2D eigenvalue weighted by Gasteiger charge is -2.31. The molecule has 4 heterocycles. The fourth-order valence-electron chi connectivity index (χ4n) is 5.27. The molecule has 0 unspecified atom stereocenters. The average Bonchev–Trinajstić information content (AvgIpc) is 2.93. The second-order valence-electron chi connectivity index (χ2n) is 10.2. The van der Waals surface area contributed by atoms with Crippen molar-refractivity contribution < 1.29 is 14.3 Å². The quantitative estimate of drug-likeness (QED) is 0.398. The van der Waals surface area contributed by atoms with Crippen LogP contribution in [0.3, 0.4) is 0 Å². The van der Waals surface area contributed by atoms with Gasteiger partial charge in [-0.1, -0.05) is 23.7 Å². The maximum Gasteiger partial charge on any atom is 0.163 e. The zero-order chi connectivity index (χ0) is 26.3. The summed E-state index contributed by atoms with van der Waals surface area (Å²) in [6, 6.07) is 13.9. The van der Waals surface area contributed by atoms with Gasteiger partial charge in [0.1, 0.15) is 17.9 Å². The number of benzene rings is 2. The molecule has 1 N–H and O–H groups in total. The molecular formula is C30H35ClN4O3. The van der Waals surface area contributed by atoms with Gasteiger partial charge in [-0.2, -0.15) is 0 Å². The number of carbonyl (C=O) groups excluding carboxylic acids is 1. The maximum absolute atomic E-state index is 12.8. The number of hydrogen-bond donors (Lipinski definition) is 1. The summed E-state index contributed by atoms with van der Waals surface area (Å²) in [5.74, 6) is 2.67. The number of nitrogens with one attached hydrogen (secondary N) is 1. The van der Waals surface area contributed by atoms with Gasteiger partial charge in [-0.3, -0.25) is 9.69 Å². The van der Waals surface area contributed by atoms with E-state index in [1.165, 1.54) is 5.56 Å². The third-order valence-corrected chi connectivity index (χ3v) is 7.78. The Morgan fingerprint density at radius 3 is 2.76 bits per heavy atom. The van der Waals surface area contributed by atoms with Crippen molar-refractivity contribution in [2.24, 2.45) is 5.92 Å². The molecule has 0 atom stereocenters. The molecule has 0 amide bonds. The number of anilines is 2. The molecule has 3 aromatic rings. The summed E-state index contributed by atoms with van der Waals surface area (Å²) in [5.41, 5.74) is 3.99. The Labute approximate surface area is 229 Å². The first-order valence-electron chi connectivity index (χ1n) is 13.5. The molecule has 8 bridgehead atoms. The van der Waals surface area contributed by atoms with Crippen molar-refractivity contribution in [3.8, 4) is 11.5 Å². The summed E-state index contributed by atoms with van der Waals surface area (Å²) in [6.45, 7) is 3.33. The highest BCUT2D eigenvalue weighted by Gasteiger charge is 2.24. The van der Waals surface area contributed by atoms with Gasteiger partial charge in [-0.25, -0.2) is 9.97 Å². The predicted octanol–water partition coefficient (Wildman–Crippen LogP) is 6.21. The summed E-state index contributed by atoms with van der Waals surface area (Å²) in [4.78, 5) is 24.2. The van der Waals surface area contributed by atoms with Crippen molar-refractivity contribution in [1.29, 1.82) is 0 Å². The van der Waals surface area contributed by atoms with E-state index in [9.17, 15) is 4.79 Å². The molecule has 0 saturated carbocycles. The lowest BCUT2D eigenvalue weighted by Crippen LogP contribution is -2.35. The van der Waals surface area contributed by atoms with Crippen molar-refractivity contribution in [1.82, 2.24) is 14.9 Å². The summed E-state index contributed by atoms with van der Waals surface area (Å²) in [7, 11) is 1.64. The number of aromatic nitrogens is 2. The molecule has 7 nitrogen and oxygen atoms in total. The van der Waals surface area contributed by atoms with E-state index in [4.69, 9.17) is 21.1 Å². The van der Waals surface area contributed by atoms with Gasteiger partial charge in [-0.15, -0.1) is 0 Å². The Morgan fingerprint density at radius 2 is 1.92 bits per heavy atom. The first kappa shape index (κ1) is 26.4. The van der Waals surface area contributed by atoms with Crippen molar-refractivity contribution in [2.45, 2.75) is 51.5 Å². The summed E-state index contributed by atoms with van der Waals surface area (Å²) in [5, 5.41) is 4.09. The molecule has 6 rings (SSSR count). The topological polar surface area (TPSA) is 76.6 Å². The molecule has 8 heteroatoms. The van der Waals surface area contributed by atoms with Crippen LogP contribution in [0.2, 0.25) is 5.02 Å². The Kier molecular flexibility index (Phi) is 8.76. The Balaban J connectivity index is 1.39. The van der Waals surface area contributed by atoms with Crippen LogP contribution in [-0.4, -0.2) is 47.5 Å². The smallest absolute Gasteiger partial charge is 0.163 e.